The minimum atomic E-state index is 0.0722. The maximum Gasteiger partial charge on any atom is 0.243 e. The summed E-state index contributed by atoms with van der Waals surface area (Å²) in [6.07, 6.45) is 15.1. The van der Waals surface area contributed by atoms with E-state index in [0.29, 0.717) is 42.6 Å². The Morgan fingerprint density at radius 2 is 1.97 bits per heavy atom. The standard InChI is InChI=1S/C27H38N4O2S/c1-26-12-9-20-18(6-8-21-27(20,2)13-10-22(32)29-21)19(26)7-5-17(26)15-23(33)28-14-11-24-30-31-25(34-24)16-3-4-16/h10,13,16-21H,3-9,11-12,14-15H2,1-2H3,(H,28,33)(H,29,32)/t17-,18+,19+,20+,21-,26-,27-/m1/s1. The Kier molecular flexibility index (Phi) is 5.62. The molecular formula is C27H38N4O2S. The van der Waals surface area contributed by atoms with Crippen molar-refractivity contribution >= 4 is 23.2 Å². The van der Waals surface area contributed by atoms with Gasteiger partial charge in [0.1, 0.15) is 10.0 Å². The van der Waals surface area contributed by atoms with Crippen molar-refractivity contribution in [1.29, 1.82) is 0 Å². The molecule has 4 fully saturated rings. The highest BCUT2D eigenvalue weighted by Crippen LogP contribution is 2.65. The van der Waals surface area contributed by atoms with Crippen LogP contribution in [0.4, 0.5) is 0 Å². The zero-order valence-electron chi connectivity index (χ0n) is 20.5. The highest BCUT2D eigenvalue weighted by Gasteiger charge is 2.59. The van der Waals surface area contributed by atoms with Crippen LogP contribution in [-0.4, -0.2) is 34.6 Å². The van der Waals surface area contributed by atoms with Crippen molar-refractivity contribution in [2.45, 2.75) is 90.0 Å². The van der Waals surface area contributed by atoms with Crippen LogP contribution < -0.4 is 10.6 Å². The topological polar surface area (TPSA) is 84.0 Å². The second kappa shape index (κ2) is 8.42. The summed E-state index contributed by atoms with van der Waals surface area (Å²) in [7, 11) is 0. The first-order valence-electron chi connectivity index (χ1n) is 13.5. The van der Waals surface area contributed by atoms with Crippen molar-refractivity contribution in [1.82, 2.24) is 20.8 Å². The molecule has 2 N–H and O–H groups in total. The van der Waals surface area contributed by atoms with E-state index in [1.165, 1.54) is 50.0 Å². The maximum absolute atomic E-state index is 12.9. The summed E-state index contributed by atoms with van der Waals surface area (Å²) in [6.45, 7) is 5.51. The number of rotatable bonds is 6. The molecule has 0 bridgehead atoms. The Hall–Kier alpha value is -1.76. The Bertz CT molecular complexity index is 1000. The number of hydrogen-bond acceptors (Lipinski definition) is 5. The van der Waals surface area contributed by atoms with Gasteiger partial charge < -0.3 is 10.6 Å². The zero-order chi connectivity index (χ0) is 23.5. The number of nitrogens with zero attached hydrogens (tertiary/aromatic N) is 2. The summed E-state index contributed by atoms with van der Waals surface area (Å²) in [5, 5.41) is 17.3. The molecule has 2 amide bonds. The van der Waals surface area contributed by atoms with Crippen LogP contribution in [0.25, 0.3) is 0 Å². The quantitative estimate of drug-likeness (QED) is 0.630. The van der Waals surface area contributed by atoms with Crippen LogP contribution in [0, 0.1) is 34.5 Å². The fourth-order valence-corrected chi connectivity index (χ4v) is 9.26. The predicted molar refractivity (Wildman–Crippen MR) is 132 cm³/mol. The van der Waals surface area contributed by atoms with Crippen LogP contribution >= 0.6 is 11.3 Å². The van der Waals surface area contributed by atoms with Crippen LogP contribution in [0.3, 0.4) is 0 Å². The second-order valence-electron chi connectivity index (χ2n) is 12.1. The van der Waals surface area contributed by atoms with Gasteiger partial charge in [-0.2, -0.15) is 0 Å². The lowest BCUT2D eigenvalue weighted by molar-refractivity contribution is -0.125. The lowest BCUT2D eigenvalue weighted by atomic mass is 9.48. The van der Waals surface area contributed by atoms with Gasteiger partial charge in [-0.15, -0.1) is 21.5 Å². The van der Waals surface area contributed by atoms with Gasteiger partial charge in [-0.3, -0.25) is 9.59 Å². The highest BCUT2D eigenvalue weighted by atomic mass is 32.1. The summed E-state index contributed by atoms with van der Waals surface area (Å²) in [5.41, 5.74) is 0.347. The number of nitrogens with one attached hydrogen (secondary N) is 2. The van der Waals surface area contributed by atoms with Crippen molar-refractivity contribution in [2.75, 3.05) is 6.54 Å². The van der Waals surface area contributed by atoms with Gasteiger partial charge in [0.15, 0.2) is 0 Å². The normalized spacial score (nSPS) is 40.8. The predicted octanol–water partition coefficient (Wildman–Crippen LogP) is 4.38. The van der Waals surface area contributed by atoms with E-state index in [1.54, 1.807) is 17.4 Å². The van der Waals surface area contributed by atoms with E-state index < -0.39 is 0 Å². The monoisotopic (exact) mass is 482 g/mol. The number of aromatic nitrogens is 2. The minimum Gasteiger partial charge on any atom is -0.356 e. The van der Waals surface area contributed by atoms with Crippen LogP contribution in [-0.2, 0) is 16.0 Å². The van der Waals surface area contributed by atoms with Crippen molar-refractivity contribution in [2.24, 2.45) is 34.5 Å². The number of fused-ring (bicyclic) bond motifs is 5. The number of carbonyl (C=O) groups excluding carboxylic acids is 2. The molecule has 1 aromatic rings. The molecule has 7 heteroatoms. The Morgan fingerprint density at radius 1 is 1.12 bits per heavy atom. The second-order valence-corrected chi connectivity index (χ2v) is 13.2. The molecule has 0 aromatic carbocycles. The van der Waals surface area contributed by atoms with Crippen molar-refractivity contribution in [3.63, 3.8) is 0 Å². The molecule has 5 aliphatic rings. The smallest absolute Gasteiger partial charge is 0.243 e. The lowest BCUT2D eigenvalue weighted by Gasteiger charge is -2.59. The van der Waals surface area contributed by atoms with Crippen molar-refractivity contribution in [3.05, 3.63) is 22.2 Å². The first-order chi connectivity index (χ1) is 16.4. The zero-order valence-corrected chi connectivity index (χ0v) is 21.3. The fraction of sp³-hybridized carbons (Fsp3) is 0.778. The molecule has 6 nitrogen and oxygen atoms in total. The third-order valence-corrected chi connectivity index (χ3v) is 11.5. The minimum absolute atomic E-state index is 0.0722. The van der Waals surface area contributed by atoms with Crippen molar-refractivity contribution < 1.29 is 9.59 Å². The van der Waals surface area contributed by atoms with E-state index in [-0.39, 0.29) is 28.7 Å². The first kappa shape index (κ1) is 22.7. The summed E-state index contributed by atoms with van der Waals surface area (Å²) < 4.78 is 0. The largest absolute Gasteiger partial charge is 0.356 e. The molecule has 2 heterocycles. The molecule has 0 unspecified atom stereocenters. The molecular weight excluding hydrogens is 444 g/mol. The van der Waals surface area contributed by atoms with E-state index in [4.69, 9.17) is 0 Å². The maximum atomic E-state index is 12.9. The lowest BCUT2D eigenvalue weighted by Crippen LogP contribution is -2.59. The number of amides is 2. The van der Waals surface area contributed by atoms with Gasteiger partial charge in [-0.25, -0.2) is 0 Å². The van der Waals surface area contributed by atoms with E-state index in [0.717, 1.165) is 17.8 Å². The average molecular weight is 483 g/mol. The SMILES string of the molecule is C[C@]12C=CC(=O)N[C@@H]1CC[C@@H]1[C@@H]2CC[C@]2(C)[C@@H](CC(=O)NCCc3nnc(C4CC4)s3)CC[C@@H]12. The Morgan fingerprint density at radius 3 is 2.79 bits per heavy atom. The molecule has 184 valence electrons. The van der Waals surface area contributed by atoms with Crippen LogP contribution in [0.2, 0.25) is 0 Å². The van der Waals surface area contributed by atoms with Crippen molar-refractivity contribution in [3.8, 4) is 0 Å². The van der Waals surface area contributed by atoms with Gasteiger partial charge in [0, 0.05) is 36.8 Å². The van der Waals surface area contributed by atoms with Gasteiger partial charge in [-0.05, 0) is 86.5 Å². The molecule has 0 saturated heterocycles. The van der Waals surface area contributed by atoms with E-state index in [2.05, 4.69) is 40.8 Å². The summed E-state index contributed by atoms with van der Waals surface area (Å²) in [4.78, 5) is 24.8. The molecule has 4 aliphatic carbocycles. The summed E-state index contributed by atoms with van der Waals surface area (Å²) >= 11 is 1.72. The van der Waals surface area contributed by atoms with Gasteiger partial charge in [-0.1, -0.05) is 19.9 Å². The fourth-order valence-electron chi connectivity index (χ4n) is 8.25. The van der Waals surface area contributed by atoms with Crippen LogP contribution in [0.1, 0.15) is 87.6 Å². The van der Waals surface area contributed by atoms with Gasteiger partial charge >= 0.3 is 0 Å². The highest BCUT2D eigenvalue weighted by molar-refractivity contribution is 7.11. The third-order valence-electron chi connectivity index (χ3n) is 10.4. The molecule has 7 atom stereocenters. The first-order valence-corrected chi connectivity index (χ1v) is 14.3. The van der Waals surface area contributed by atoms with Gasteiger partial charge in [0.25, 0.3) is 0 Å². The van der Waals surface area contributed by atoms with Gasteiger partial charge in [0.2, 0.25) is 11.8 Å². The van der Waals surface area contributed by atoms with Crippen LogP contribution in [0.5, 0.6) is 0 Å². The number of carbonyl (C=O) groups is 2. The molecule has 0 radical (unpaired) electrons. The van der Waals surface area contributed by atoms with Crippen LogP contribution in [0.15, 0.2) is 12.2 Å². The van der Waals surface area contributed by atoms with E-state index in [1.807, 2.05) is 0 Å². The van der Waals surface area contributed by atoms with Gasteiger partial charge in [0.05, 0.1) is 0 Å². The summed E-state index contributed by atoms with van der Waals surface area (Å²) in [5.74, 6) is 3.46. The van der Waals surface area contributed by atoms with E-state index in [9.17, 15) is 9.59 Å². The molecule has 34 heavy (non-hydrogen) atoms. The number of hydrogen-bond donors (Lipinski definition) is 2. The molecule has 1 aromatic heterocycles. The Balaban J connectivity index is 1.06. The summed E-state index contributed by atoms with van der Waals surface area (Å²) in [6, 6.07) is 0.284. The molecule has 0 spiro atoms. The molecule has 6 rings (SSSR count). The Labute approximate surface area is 206 Å². The third kappa shape index (κ3) is 3.82. The average Bonchev–Trinajstić information content (AvgIpc) is 3.47. The molecule has 1 aliphatic heterocycles. The van der Waals surface area contributed by atoms with E-state index >= 15 is 0 Å². The molecule has 4 saturated carbocycles.